The number of anilines is 1. The Morgan fingerprint density at radius 3 is 2.94 bits per heavy atom. The number of rotatable bonds is 3. The van der Waals surface area contributed by atoms with E-state index < -0.39 is 23.9 Å². The second-order valence-corrected chi connectivity index (χ2v) is 4.60. The average Bonchev–Trinajstić information content (AvgIpc) is 2.76. The van der Waals surface area contributed by atoms with Gasteiger partial charge in [-0.3, -0.25) is 4.79 Å². The standard InChI is InChI=1S/C13H17FN2O2/c1-8(17)12-9(14)4-2-5-10(12)16-7-3-6-11(16)13(15)18/h2,4-5,8,11,17H,3,6-7H2,1H3,(H2,15,18)/t8-,11?/m1/s1. The molecule has 0 saturated carbocycles. The third-order valence-corrected chi connectivity index (χ3v) is 3.34. The molecule has 0 bridgehead atoms. The molecule has 0 aliphatic carbocycles. The summed E-state index contributed by atoms with van der Waals surface area (Å²) >= 11 is 0. The zero-order valence-electron chi connectivity index (χ0n) is 10.3. The number of carbonyl (C=O) groups is 1. The number of amides is 1. The third kappa shape index (κ3) is 2.18. The number of nitrogens with two attached hydrogens (primary N) is 1. The fraction of sp³-hybridized carbons (Fsp3) is 0.462. The van der Waals surface area contributed by atoms with Crippen LogP contribution in [0.2, 0.25) is 0 Å². The van der Waals surface area contributed by atoms with Crippen LogP contribution in [0.3, 0.4) is 0 Å². The van der Waals surface area contributed by atoms with E-state index in [0.29, 0.717) is 18.7 Å². The summed E-state index contributed by atoms with van der Waals surface area (Å²) in [5.41, 5.74) is 6.14. The molecule has 0 aromatic heterocycles. The van der Waals surface area contributed by atoms with Crippen molar-refractivity contribution in [1.29, 1.82) is 0 Å². The Bertz CT molecular complexity index is 462. The molecule has 1 aromatic rings. The number of aliphatic hydroxyl groups is 1. The maximum Gasteiger partial charge on any atom is 0.240 e. The number of carbonyl (C=O) groups excluding carboxylic acids is 1. The quantitative estimate of drug-likeness (QED) is 0.853. The fourth-order valence-corrected chi connectivity index (χ4v) is 2.54. The van der Waals surface area contributed by atoms with E-state index in [1.54, 1.807) is 17.0 Å². The monoisotopic (exact) mass is 252 g/mol. The normalized spacial score (nSPS) is 21.1. The largest absolute Gasteiger partial charge is 0.389 e. The first-order valence-electron chi connectivity index (χ1n) is 6.04. The van der Waals surface area contributed by atoms with Gasteiger partial charge in [0.05, 0.1) is 6.10 Å². The number of nitrogens with zero attached hydrogens (tertiary/aromatic N) is 1. The van der Waals surface area contributed by atoms with Gasteiger partial charge >= 0.3 is 0 Å². The van der Waals surface area contributed by atoms with Gasteiger partial charge in [-0.2, -0.15) is 0 Å². The topological polar surface area (TPSA) is 66.6 Å². The van der Waals surface area contributed by atoms with E-state index in [2.05, 4.69) is 0 Å². The molecule has 3 N–H and O–H groups in total. The molecule has 0 spiro atoms. The smallest absolute Gasteiger partial charge is 0.240 e. The van der Waals surface area contributed by atoms with E-state index in [4.69, 9.17) is 5.73 Å². The minimum Gasteiger partial charge on any atom is -0.389 e. The molecule has 1 aliphatic rings. The minimum atomic E-state index is -0.921. The van der Waals surface area contributed by atoms with Crippen LogP contribution in [0, 0.1) is 5.82 Å². The summed E-state index contributed by atoms with van der Waals surface area (Å²) in [6, 6.07) is 4.18. The van der Waals surface area contributed by atoms with Gasteiger partial charge in [0.25, 0.3) is 0 Å². The van der Waals surface area contributed by atoms with Crippen molar-refractivity contribution in [2.45, 2.75) is 31.9 Å². The second kappa shape index (κ2) is 4.94. The minimum absolute atomic E-state index is 0.227. The predicted octanol–water partition coefficient (Wildman–Crippen LogP) is 1.33. The summed E-state index contributed by atoms with van der Waals surface area (Å²) in [4.78, 5) is 13.2. The van der Waals surface area contributed by atoms with Crippen LogP contribution in [0.15, 0.2) is 18.2 Å². The predicted molar refractivity (Wildman–Crippen MR) is 66.6 cm³/mol. The van der Waals surface area contributed by atoms with Crippen LogP contribution in [-0.2, 0) is 4.79 Å². The summed E-state index contributed by atoms with van der Waals surface area (Å²) in [6.45, 7) is 2.16. The highest BCUT2D eigenvalue weighted by Gasteiger charge is 2.31. The molecular formula is C13H17FN2O2. The van der Waals surface area contributed by atoms with Crippen molar-refractivity contribution in [2.75, 3.05) is 11.4 Å². The van der Waals surface area contributed by atoms with Gasteiger partial charge < -0.3 is 15.7 Å². The van der Waals surface area contributed by atoms with Crippen LogP contribution in [0.25, 0.3) is 0 Å². The molecule has 1 aliphatic heterocycles. The Labute approximate surface area is 105 Å². The molecule has 2 atom stereocenters. The fourth-order valence-electron chi connectivity index (χ4n) is 2.54. The van der Waals surface area contributed by atoms with Crippen LogP contribution in [0.5, 0.6) is 0 Å². The van der Waals surface area contributed by atoms with Gasteiger partial charge in [0.15, 0.2) is 0 Å². The lowest BCUT2D eigenvalue weighted by molar-refractivity contribution is -0.119. The van der Waals surface area contributed by atoms with Gasteiger partial charge in [0.2, 0.25) is 5.91 Å². The van der Waals surface area contributed by atoms with Crippen LogP contribution in [-0.4, -0.2) is 23.6 Å². The molecule has 1 unspecified atom stereocenters. The van der Waals surface area contributed by atoms with Gasteiger partial charge in [-0.15, -0.1) is 0 Å². The first-order chi connectivity index (χ1) is 8.52. The number of benzene rings is 1. The van der Waals surface area contributed by atoms with Crippen LogP contribution < -0.4 is 10.6 Å². The molecule has 1 saturated heterocycles. The molecule has 18 heavy (non-hydrogen) atoms. The van der Waals surface area contributed by atoms with E-state index in [1.165, 1.54) is 13.0 Å². The van der Waals surface area contributed by atoms with E-state index in [1.807, 2.05) is 0 Å². The van der Waals surface area contributed by atoms with E-state index in [9.17, 15) is 14.3 Å². The molecule has 2 rings (SSSR count). The summed E-state index contributed by atoms with van der Waals surface area (Å²) in [5, 5.41) is 9.69. The highest BCUT2D eigenvalue weighted by atomic mass is 19.1. The molecule has 5 heteroatoms. The second-order valence-electron chi connectivity index (χ2n) is 4.60. The average molecular weight is 252 g/mol. The summed E-state index contributed by atoms with van der Waals surface area (Å²) < 4.78 is 13.8. The molecular weight excluding hydrogens is 235 g/mol. The SMILES string of the molecule is C[C@@H](O)c1c(F)cccc1N1CCCC1C(N)=O. The van der Waals surface area contributed by atoms with Gasteiger partial charge in [-0.1, -0.05) is 6.07 Å². The van der Waals surface area contributed by atoms with E-state index in [-0.39, 0.29) is 5.56 Å². The lowest BCUT2D eigenvalue weighted by Gasteiger charge is -2.27. The summed E-state index contributed by atoms with van der Waals surface area (Å²) in [5.74, 6) is -0.870. The Morgan fingerprint density at radius 2 is 2.33 bits per heavy atom. The maximum atomic E-state index is 13.8. The highest BCUT2D eigenvalue weighted by Crippen LogP contribution is 2.33. The zero-order chi connectivity index (χ0) is 13.3. The van der Waals surface area contributed by atoms with Crippen molar-refractivity contribution < 1.29 is 14.3 Å². The summed E-state index contributed by atoms with van der Waals surface area (Å²) in [7, 11) is 0. The Kier molecular flexibility index (Phi) is 3.52. The van der Waals surface area contributed by atoms with E-state index in [0.717, 1.165) is 6.42 Å². The number of halogens is 1. The van der Waals surface area contributed by atoms with Crippen LogP contribution >= 0.6 is 0 Å². The zero-order valence-corrected chi connectivity index (χ0v) is 10.3. The van der Waals surface area contributed by atoms with Crippen molar-refractivity contribution >= 4 is 11.6 Å². The molecule has 1 aromatic carbocycles. The summed E-state index contributed by atoms with van der Waals surface area (Å²) in [6.07, 6.45) is 0.587. The molecule has 1 heterocycles. The Balaban J connectivity index is 2.44. The Hall–Kier alpha value is -1.62. The van der Waals surface area contributed by atoms with Gasteiger partial charge in [-0.05, 0) is 31.9 Å². The van der Waals surface area contributed by atoms with Crippen molar-refractivity contribution in [3.05, 3.63) is 29.6 Å². The Morgan fingerprint density at radius 1 is 1.61 bits per heavy atom. The van der Waals surface area contributed by atoms with E-state index >= 15 is 0 Å². The van der Waals surface area contributed by atoms with Crippen molar-refractivity contribution in [2.24, 2.45) is 5.73 Å². The molecule has 1 fully saturated rings. The number of hydrogen-bond donors (Lipinski definition) is 2. The first kappa shape index (κ1) is 12.8. The molecule has 4 nitrogen and oxygen atoms in total. The molecule has 0 radical (unpaired) electrons. The molecule has 98 valence electrons. The van der Waals surface area contributed by atoms with Crippen molar-refractivity contribution in [3.63, 3.8) is 0 Å². The van der Waals surface area contributed by atoms with Crippen molar-refractivity contribution in [1.82, 2.24) is 0 Å². The molecule has 1 amide bonds. The lowest BCUT2D eigenvalue weighted by Crippen LogP contribution is -2.41. The third-order valence-electron chi connectivity index (χ3n) is 3.34. The van der Waals surface area contributed by atoms with Gasteiger partial charge in [-0.25, -0.2) is 4.39 Å². The number of aliphatic hydroxyl groups excluding tert-OH is 1. The lowest BCUT2D eigenvalue weighted by atomic mass is 10.1. The van der Waals surface area contributed by atoms with Gasteiger partial charge in [0, 0.05) is 17.8 Å². The maximum absolute atomic E-state index is 13.8. The van der Waals surface area contributed by atoms with Crippen molar-refractivity contribution in [3.8, 4) is 0 Å². The highest BCUT2D eigenvalue weighted by molar-refractivity contribution is 5.84. The van der Waals surface area contributed by atoms with Crippen LogP contribution in [0.4, 0.5) is 10.1 Å². The first-order valence-corrected chi connectivity index (χ1v) is 6.04. The number of primary amides is 1. The van der Waals surface area contributed by atoms with Crippen LogP contribution in [0.1, 0.15) is 31.4 Å². The number of hydrogen-bond acceptors (Lipinski definition) is 3. The van der Waals surface area contributed by atoms with Gasteiger partial charge in [0.1, 0.15) is 11.9 Å².